The summed E-state index contributed by atoms with van der Waals surface area (Å²) >= 11 is 0. The van der Waals surface area contributed by atoms with Crippen molar-refractivity contribution in [3.8, 4) is 22.5 Å². The zero-order valence-electron chi connectivity index (χ0n) is 41.7. The van der Waals surface area contributed by atoms with Gasteiger partial charge in [-0.15, -0.1) is 54.1 Å². The predicted octanol–water partition coefficient (Wildman–Crippen LogP) is 15.5. The number of aryl methyl sites for hydroxylation is 2. The van der Waals surface area contributed by atoms with E-state index in [9.17, 15) is 1.37 Å². The van der Waals surface area contributed by atoms with Gasteiger partial charge in [0, 0.05) is 47.5 Å². The summed E-state index contributed by atoms with van der Waals surface area (Å²) in [5.74, 6) is -0.972. The van der Waals surface area contributed by atoms with Crippen LogP contribution in [0.1, 0.15) is 124 Å². The molecule has 2 aliphatic carbocycles. The number of benzene rings is 5. The van der Waals surface area contributed by atoms with E-state index in [0.717, 1.165) is 56.8 Å². The molecule has 8 aromatic rings. The molecule has 3 nitrogen and oxygen atoms in total. The Morgan fingerprint density at radius 2 is 1.42 bits per heavy atom. The zero-order valence-corrected chi connectivity index (χ0v) is 37.1. The van der Waals surface area contributed by atoms with Crippen molar-refractivity contribution in [2.75, 3.05) is 0 Å². The van der Waals surface area contributed by atoms with E-state index < -0.39 is 19.6 Å². The molecule has 2 saturated carbocycles. The third kappa shape index (κ3) is 8.16. The Bertz CT molecular complexity index is 3050. The molecule has 0 bridgehead atoms. The predicted molar refractivity (Wildman–Crippen MR) is 243 cm³/mol. The van der Waals surface area contributed by atoms with Crippen LogP contribution in [-0.2, 0) is 25.5 Å². The molecule has 0 aliphatic heterocycles. The van der Waals surface area contributed by atoms with E-state index >= 15 is 0 Å². The van der Waals surface area contributed by atoms with Gasteiger partial charge < -0.3 is 14.4 Å². The smallest absolute Gasteiger partial charge is 0.121 e. The molecule has 0 atom stereocenters. The third-order valence-corrected chi connectivity index (χ3v) is 13.1. The summed E-state index contributed by atoms with van der Waals surface area (Å²) < 4.78 is 64.3. The SMILES string of the molecule is [2H]C([2H])([2H])c1cnc(-c2[c-]ccc3c2oc2cc4c(ccc5ccccc54)cc23)cc1C1([2H])CCC2(CCC(C)(C)CC2)CC1.[2H]C([2H])([2H])c1cnc(-c2[c-]cccc2)cc1C(C)(C)C.[Ir]. The first-order valence-corrected chi connectivity index (χ1v) is 20.8. The minimum absolute atomic E-state index is 0. The number of fused-ring (bicyclic) bond motifs is 6. The Hall–Kier alpha value is -4.63. The summed E-state index contributed by atoms with van der Waals surface area (Å²) in [6.45, 7) is 6.26. The van der Waals surface area contributed by atoms with Gasteiger partial charge in [-0.2, -0.15) is 0 Å². The van der Waals surface area contributed by atoms with E-state index in [0.29, 0.717) is 51.6 Å². The van der Waals surface area contributed by atoms with Crippen molar-refractivity contribution < 1.29 is 34.1 Å². The molecule has 3 aromatic heterocycles. The van der Waals surface area contributed by atoms with Crippen LogP contribution in [-0.4, -0.2) is 9.97 Å². The maximum atomic E-state index is 9.71. The Kier molecular flexibility index (Phi) is 9.04. The number of hydrogen-bond donors (Lipinski definition) is 0. The second-order valence-corrected chi connectivity index (χ2v) is 18.6. The van der Waals surface area contributed by atoms with Crippen LogP contribution < -0.4 is 0 Å². The molecule has 0 saturated heterocycles. The molecule has 10 rings (SSSR count). The second-order valence-electron chi connectivity index (χ2n) is 18.6. The topological polar surface area (TPSA) is 38.9 Å². The Morgan fingerprint density at radius 3 is 2.17 bits per heavy atom. The summed E-state index contributed by atoms with van der Waals surface area (Å²) in [6.07, 6.45) is 11.1. The molecule has 4 heteroatoms. The van der Waals surface area contributed by atoms with Crippen LogP contribution in [0.5, 0.6) is 0 Å². The van der Waals surface area contributed by atoms with E-state index in [1.165, 1.54) is 48.8 Å². The molecular weight excluding hydrogens is 897 g/mol. The Balaban J connectivity index is 0.000000238. The molecule has 303 valence electrons. The van der Waals surface area contributed by atoms with Crippen LogP contribution in [0, 0.1) is 36.7 Å². The maximum Gasteiger partial charge on any atom is 0.121 e. The van der Waals surface area contributed by atoms with Crippen molar-refractivity contribution in [1.82, 2.24) is 9.97 Å². The van der Waals surface area contributed by atoms with Gasteiger partial charge in [-0.1, -0.05) is 94.1 Å². The average Bonchev–Trinajstić information content (AvgIpc) is 3.64. The van der Waals surface area contributed by atoms with Gasteiger partial charge in [0.15, 0.2) is 0 Å². The van der Waals surface area contributed by atoms with E-state index in [2.05, 4.69) is 84.5 Å². The molecule has 0 N–H and O–H groups in total. The number of hydrogen-bond acceptors (Lipinski definition) is 3. The first-order valence-electron chi connectivity index (χ1n) is 24.3. The van der Waals surface area contributed by atoms with Crippen molar-refractivity contribution in [2.24, 2.45) is 10.8 Å². The van der Waals surface area contributed by atoms with Crippen LogP contribution in [0.2, 0.25) is 0 Å². The second kappa shape index (κ2) is 16.1. The molecule has 2 aliphatic rings. The molecule has 2 fully saturated rings. The van der Waals surface area contributed by atoms with Crippen LogP contribution in [0.15, 0.2) is 114 Å². The summed E-state index contributed by atoms with van der Waals surface area (Å²) in [7, 11) is 0. The third-order valence-electron chi connectivity index (χ3n) is 13.1. The minimum atomic E-state index is -2.35. The van der Waals surface area contributed by atoms with E-state index in [4.69, 9.17) is 12.6 Å². The zero-order chi connectivity index (χ0) is 46.2. The van der Waals surface area contributed by atoms with E-state index in [-0.39, 0.29) is 31.1 Å². The van der Waals surface area contributed by atoms with Crippen molar-refractivity contribution in [2.45, 2.75) is 111 Å². The van der Waals surface area contributed by atoms with Gasteiger partial charge in [0.1, 0.15) is 5.58 Å². The molecule has 59 heavy (non-hydrogen) atoms. The molecule has 3 heterocycles. The van der Waals surface area contributed by atoms with Crippen LogP contribution in [0.3, 0.4) is 0 Å². The van der Waals surface area contributed by atoms with E-state index in [1.54, 1.807) is 0 Å². The standard InChI is InChI=1S/C39H38NO.C16H18N.Ir/c1-25-24-40-35(22-32(25)27-13-15-39(16-14-27)19-17-38(2,3)18-20-39)31-10-6-9-30-34-21-28-12-11-26-7-4-5-8-29(26)33(28)23-36(34)41-37(30)31;1-12-11-17-15(10-14(12)16(2,3)4)13-8-6-5-7-9-13;/h4-9,11-12,21-24,27H,13-20H2,1-3H3;5-8,10-11H,1-4H3;/q2*-1;/i1D3,27D;1D3;. The summed E-state index contributed by atoms with van der Waals surface area (Å²) in [5.41, 5.74) is 6.72. The molecular formula is C55H56IrN2O-2. The molecule has 0 amide bonds. The quantitative estimate of drug-likeness (QED) is 0.131. The molecule has 1 spiro atoms. The Morgan fingerprint density at radius 1 is 0.695 bits per heavy atom. The first-order chi connectivity index (χ1) is 30.6. The largest absolute Gasteiger partial charge is 0.501 e. The summed E-state index contributed by atoms with van der Waals surface area (Å²) in [4.78, 5) is 8.98. The number of nitrogens with zero attached hydrogens (tertiary/aromatic N) is 2. The van der Waals surface area contributed by atoms with Crippen molar-refractivity contribution in [3.63, 3.8) is 0 Å². The first kappa shape index (κ1) is 33.1. The van der Waals surface area contributed by atoms with Gasteiger partial charge in [-0.25, -0.2) is 0 Å². The van der Waals surface area contributed by atoms with Gasteiger partial charge in [0.2, 0.25) is 0 Å². The summed E-state index contributed by atoms with van der Waals surface area (Å²) in [5, 5.41) is 6.65. The summed E-state index contributed by atoms with van der Waals surface area (Å²) in [6, 6.07) is 38.7. The van der Waals surface area contributed by atoms with Crippen LogP contribution in [0.4, 0.5) is 0 Å². The fourth-order valence-corrected chi connectivity index (χ4v) is 9.40. The average molecular weight is 960 g/mol. The van der Waals surface area contributed by atoms with Crippen molar-refractivity contribution in [1.29, 1.82) is 0 Å². The minimum Gasteiger partial charge on any atom is -0.501 e. The normalized spacial score (nSPS) is 19.3. The molecule has 0 unspecified atom stereocenters. The fourth-order valence-electron chi connectivity index (χ4n) is 9.40. The van der Waals surface area contributed by atoms with Crippen molar-refractivity contribution >= 4 is 43.5 Å². The van der Waals surface area contributed by atoms with Gasteiger partial charge >= 0.3 is 0 Å². The van der Waals surface area contributed by atoms with Gasteiger partial charge in [0.05, 0.1) is 5.58 Å². The maximum absolute atomic E-state index is 9.71. The fraction of sp³-hybridized carbons (Fsp3) is 0.345. The van der Waals surface area contributed by atoms with Gasteiger partial charge in [0.25, 0.3) is 0 Å². The molecule has 5 aromatic carbocycles. The van der Waals surface area contributed by atoms with Crippen molar-refractivity contribution in [3.05, 3.63) is 144 Å². The number of aromatic nitrogens is 2. The Labute approximate surface area is 374 Å². The van der Waals surface area contributed by atoms with E-state index in [1.807, 2.05) is 69.3 Å². The number of pyridine rings is 2. The number of rotatable bonds is 3. The van der Waals surface area contributed by atoms with Gasteiger partial charge in [-0.05, 0) is 155 Å². The molecule has 1 radical (unpaired) electrons. The van der Waals surface area contributed by atoms with Gasteiger partial charge in [-0.3, -0.25) is 0 Å². The number of furan rings is 1. The monoisotopic (exact) mass is 960 g/mol. The van der Waals surface area contributed by atoms with Crippen LogP contribution in [0.25, 0.3) is 66.0 Å². The van der Waals surface area contributed by atoms with Crippen LogP contribution >= 0.6 is 0 Å².